The standard InChI is InChI=1S/C68H65N3O/c1-65(2,3)53-36-37-60(56(42-53)46-22-14-11-15-23-46)71-61-31-21-30-55(62(61)70-64(71)57-43-54(66(4,5)6)44-58(63(57)72)67(7,8)9)48-24-20-25-49(40-48)59-41-47(38-39-69-59)45-32-34-52(35-33-45)68(10,50-26-16-12-17-27-50)51-28-18-13-19-29-51/h11-44,72H,1-10H3. The molecule has 0 aliphatic heterocycles. The van der Waals surface area contributed by atoms with Crippen LogP contribution < -0.4 is 0 Å². The van der Waals surface area contributed by atoms with Gasteiger partial charge in [-0.3, -0.25) is 9.55 Å². The van der Waals surface area contributed by atoms with Crippen LogP contribution in [0.1, 0.15) is 103 Å². The quantitative estimate of drug-likeness (QED) is 0.147. The Bertz CT molecular complexity index is 3530. The first-order valence-corrected chi connectivity index (χ1v) is 25.3. The Labute approximate surface area is 426 Å². The van der Waals surface area contributed by atoms with Crippen LogP contribution in [0.25, 0.3) is 72.7 Å². The Hall–Kier alpha value is -7.82. The average molecular weight is 940 g/mol. The fourth-order valence-electron chi connectivity index (χ4n) is 10.3. The van der Waals surface area contributed by atoms with Crippen LogP contribution in [-0.4, -0.2) is 19.6 Å². The molecular formula is C68H65N3O. The fraction of sp³-hybridized carbons (Fsp3) is 0.206. The summed E-state index contributed by atoms with van der Waals surface area (Å²) >= 11 is 0. The van der Waals surface area contributed by atoms with Gasteiger partial charge in [0.1, 0.15) is 11.6 Å². The van der Waals surface area contributed by atoms with Gasteiger partial charge in [-0.05, 0) is 116 Å². The second kappa shape index (κ2) is 18.4. The van der Waals surface area contributed by atoms with Gasteiger partial charge in [-0.25, -0.2) is 4.98 Å². The third kappa shape index (κ3) is 8.96. The van der Waals surface area contributed by atoms with Crippen molar-refractivity contribution in [2.75, 3.05) is 0 Å². The molecule has 0 fully saturated rings. The van der Waals surface area contributed by atoms with Gasteiger partial charge in [0.15, 0.2) is 0 Å². The lowest BCUT2D eigenvalue weighted by atomic mass is 9.71. The number of phenolic OH excluding ortho intramolecular Hbond substituents is 1. The molecule has 0 unspecified atom stereocenters. The van der Waals surface area contributed by atoms with Crippen molar-refractivity contribution in [1.29, 1.82) is 0 Å². The molecule has 8 aromatic carbocycles. The average Bonchev–Trinajstić information content (AvgIpc) is 3.78. The maximum Gasteiger partial charge on any atom is 0.149 e. The van der Waals surface area contributed by atoms with E-state index in [1.54, 1.807) is 0 Å². The van der Waals surface area contributed by atoms with Gasteiger partial charge < -0.3 is 5.11 Å². The highest BCUT2D eigenvalue weighted by Crippen LogP contribution is 2.46. The van der Waals surface area contributed by atoms with Crippen molar-refractivity contribution >= 4 is 11.0 Å². The molecule has 0 atom stereocenters. The van der Waals surface area contributed by atoms with E-state index in [1.165, 1.54) is 22.3 Å². The number of aromatic hydroxyl groups is 1. The van der Waals surface area contributed by atoms with Crippen molar-refractivity contribution in [3.63, 3.8) is 0 Å². The Balaban J connectivity index is 1.12. The van der Waals surface area contributed by atoms with Crippen LogP contribution in [0.2, 0.25) is 0 Å². The minimum atomic E-state index is -0.326. The van der Waals surface area contributed by atoms with E-state index < -0.39 is 0 Å². The summed E-state index contributed by atoms with van der Waals surface area (Å²) in [6.45, 7) is 22.3. The third-order valence-electron chi connectivity index (χ3n) is 14.6. The molecule has 4 nitrogen and oxygen atoms in total. The Morgan fingerprint density at radius 1 is 0.389 bits per heavy atom. The van der Waals surface area contributed by atoms with Crippen LogP contribution in [0, 0.1) is 0 Å². The van der Waals surface area contributed by atoms with Crippen LogP contribution in [0.4, 0.5) is 0 Å². The minimum absolute atomic E-state index is 0.0762. The van der Waals surface area contributed by atoms with Crippen molar-refractivity contribution in [2.45, 2.75) is 90.9 Å². The number of pyridine rings is 1. The van der Waals surface area contributed by atoms with E-state index in [2.05, 4.69) is 274 Å². The zero-order valence-electron chi connectivity index (χ0n) is 43.4. The summed E-state index contributed by atoms with van der Waals surface area (Å²) in [7, 11) is 0. The molecule has 0 aliphatic rings. The maximum atomic E-state index is 12.5. The summed E-state index contributed by atoms with van der Waals surface area (Å²) in [5.74, 6) is 0.946. The monoisotopic (exact) mass is 940 g/mol. The molecule has 2 heterocycles. The van der Waals surface area contributed by atoms with E-state index in [0.717, 1.165) is 72.5 Å². The number of fused-ring (bicyclic) bond motifs is 1. The van der Waals surface area contributed by atoms with Gasteiger partial charge in [-0.15, -0.1) is 0 Å². The van der Waals surface area contributed by atoms with Gasteiger partial charge >= 0.3 is 0 Å². The van der Waals surface area contributed by atoms with Crippen LogP contribution >= 0.6 is 0 Å². The molecule has 72 heavy (non-hydrogen) atoms. The van der Waals surface area contributed by atoms with E-state index in [4.69, 9.17) is 9.97 Å². The van der Waals surface area contributed by atoms with E-state index in [1.807, 2.05) is 6.20 Å². The summed E-state index contributed by atoms with van der Waals surface area (Å²) in [5, 5.41) is 12.5. The van der Waals surface area contributed by atoms with Crippen LogP contribution in [0.15, 0.2) is 206 Å². The highest BCUT2D eigenvalue weighted by Gasteiger charge is 2.32. The maximum absolute atomic E-state index is 12.5. The first kappa shape index (κ1) is 47.8. The molecule has 358 valence electrons. The molecule has 0 saturated heterocycles. The Morgan fingerprint density at radius 3 is 1.57 bits per heavy atom. The van der Waals surface area contributed by atoms with Crippen LogP contribution in [-0.2, 0) is 21.7 Å². The number of rotatable bonds is 9. The number of para-hydroxylation sites is 1. The van der Waals surface area contributed by atoms with Gasteiger partial charge in [-0.1, -0.05) is 220 Å². The number of hydrogen-bond donors (Lipinski definition) is 1. The molecule has 0 radical (unpaired) electrons. The zero-order valence-corrected chi connectivity index (χ0v) is 43.4. The van der Waals surface area contributed by atoms with Crippen molar-refractivity contribution in [3.05, 3.63) is 240 Å². The number of aromatic nitrogens is 3. The summed E-state index contributed by atoms with van der Waals surface area (Å²) in [6, 6.07) is 71.8. The minimum Gasteiger partial charge on any atom is -0.507 e. The number of nitrogens with zero attached hydrogens (tertiary/aromatic N) is 3. The molecule has 0 saturated carbocycles. The summed E-state index contributed by atoms with van der Waals surface area (Å²) in [4.78, 5) is 10.6. The summed E-state index contributed by atoms with van der Waals surface area (Å²) in [6.07, 6.45) is 1.91. The highest BCUT2D eigenvalue weighted by atomic mass is 16.3. The van der Waals surface area contributed by atoms with E-state index in [9.17, 15) is 5.11 Å². The van der Waals surface area contributed by atoms with E-state index in [0.29, 0.717) is 11.4 Å². The number of imidazole rings is 1. The summed E-state index contributed by atoms with van der Waals surface area (Å²) in [5.41, 5.74) is 18.0. The third-order valence-corrected chi connectivity index (χ3v) is 14.6. The molecule has 0 spiro atoms. The Morgan fingerprint density at radius 2 is 0.944 bits per heavy atom. The van der Waals surface area contributed by atoms with Crippen molar-refractivity contribution in [2.24, 2.45) is 0 Å². The van der Waals surface area contributed by atoms with E-state index in [-0.39, 0.29) is 27.4 Å². The molecule has 0 aliphatic carbocycles. The largest absolute Gasteiger partial charge is 0.507 e. The van der Waals surface area contributed by atoms with Gasteiger partial charge in [-0.2, -0.15) is 0 Å². The van der Waals surface area contributed by atoms with Crippen LogP contribution in [0.3, 0.4) is 0 Å². The van der Waals surface area contributed by atoms with Crippen molar-refractivity contribution in [3.8, 4) is 67.5 Å². The fourth-order valence-corrected chi connectivity index (χ4v) is 10.3. The number of benzene rings is 8. The number of hydrogen-bond acceptors (Lipinski definition) is 3. The van der Waals surface area contributed by atoms with Gasteiger partial charge in [0, 0.05) is 33.9 Å². The SMILES string of the molecule is CC(C)(C)c1ccc(-n2c(-c3cc(C(C)(C)C)cc(C(C)(C)C)c3O)nc3c(-c4cccc(-c5cc(-c6ccc(C(C)(c7ccccc7)c7ccccc7)cc6)ccn5)c4)cccc32)c(-c2ccccc2)c1. The Kier molecular flexibility index (Phi) is 12.2. The predicted octanol–water partition coefficient (Wildman–Crippen LogP) is 17.7. The lowest BCUT2D eigenvalue weighted by Gasteiger charge is -2.32. The molecule has 2 aromatic heterocycles. The number of phenols is 1. The molecule has 4 heteroatoms. The molecular weight excluding hydrogens is 875 g/mol. The van der Waals surface area contributed by atoms with E-state index >= 15 is 0 Å². The van der Waals surface area contributed by atoms with Gasteiger partial charge in [0.25, 0.3) is 0 Å². The van der Waals surface area contributed by atoms with Crippen molar-refractivity contribution in [1.82, 2.24) is 14.5 Å². The zero-order chi connectivity index (χ0) is 50.6. The normalized spacial score (nSPS) is 12.4. The molecule has 10 rings (SSSR count). The topological polar surface area (TPSA) is 50.9 Å². The first-order valence-electron chi connectivity index (χ1n) is 25.3. The lowest BCUT2D eigenvalue weighted by molar-refractivity contribution is 0.446. The molecule has 10 aromatic rings. The van der Waals surface area contributed by atoms with Crippen LogP contribution in [0.5, 0.6) is 5.75 Å². The van der Waals surface area contributed by atoms with Crippen molar-refractivity contribution < 1.29 is 5.11 Å². The first-order chi connectivity index (χ1) is 34.4. The van der Waals surface area contributed by atoms with Gasteiger partial charge in [0.2, 0.25) is 0 Å². The summed E-state index contributed by atoms with van der Waals surface area (Å²) < 4.78 is 2.28. The predicted molar refractivity (Wildman–Crippen MR) is 302 cm³/mol. The molecule has 1 N–H and O–H groups in total. The highest BCUT2D eigenvalue weighted by molar-refractivity contribution is 5.97. The van der Waals surface area contributed by atoms with Gasteiger partial charge in [0.05, 0.1) is 28.0 Å². The smallest absolute Gasteiger partial charge is 0.149 e. The molecule has 0 amide bonds. The lowest BCUT2D eigenvalue weighted by Crippen LogP contribution is -2.25. The second-order valence-corrected chi connectivity index (χ2v) is 22.7. The molecule has 0 bridgehead atoms. The second-order valence-electron chi connectivity index (χ2n) is 22.7.